The summed E-state index contributed by atoms with van der Waals surface area (Å²) in [6.07, 6.45) is 2.30. The molecule has 0 fully saturated rings. The van der Waals surface area contributed by atoms with Crippen LogP contribution in [0.15, 0.2) is 23.4 Å². The van der Waals surface area contributed by atoms with Gasteiger partial charge in [-0.1, -0.05) is 12.0 Å². The molecule has 0 aromatic carbocycles. The van der Waals surface area contributed by atoms with Gasteiger partial charge in [-0.3, -0.25) is 14.5 Å². The van der Waals surface area contributed by atoms with Crippen LogP contribution in [-0.2, 0) is 12.0 Å². The number of nitrogens with one attached hydrogen (secondary N) is 1. The molecule has 24 heavy (non-hydrogen) atoms. The average Bonchev–Trinajstić information content (AvgIpc) is 2.95. The zero-order valence-corrected chi connectivity index (χ0v) is 14.5. The summed E-state index contributed by atoms with van der Waals surface area (Å²) >= 11 is 0. The summed E-state index contributed by atoms with van der Waals surface area (Å²) in [5.41, 5.74) is 11.1. The Morgan fingerprint density at radius 3 is 2.67 bits per heavy atom. The van der Waals surface area contributed by atoms with E-state index in [2.05, 4.69) is 25.4 Å². The highest BCUT2D eigenvalue weighted by Crippen LogP contribution is 2.22. The zero-order chi connectivity index (χ0) is 17.9. The third-order valence-electron chi connectivity index (χ3n) is 3.48. The Hall–Kier alpha value is -2.86. The second-order valence-corrected chi connectivity index (χ2v) is 6.43. The van der Waals surface area contributed by atoms with E-state index in [9.17, 15) is 4.79 Å². The predicted molar refractivity (Wildman–Crippen MR) is 92.3 cm³/mol. The first-order chi connectivity index (χ1) is 11.3. The maximum atomic E-state index is 12.5. The Labute approximate surface area is 140 Å². The third-order valence-corrected chi connectivity index (χ3v) is 3.48. The molecule has 0 unspecified atom stereocenters. The Kier molecular flexibility index (Phi) is 4.90. The van der Waals surface area contributed by atoms with Crippen LogP contribution in [0, 0.1) is 6.92 Å². The van der Waals surface area contributed by atoms with Crippen molar-refractivity contribution in [2.45, 2.75) is 46.6 Å². The molecule has 8 heteroatoms. The van der Waals surface area contributed by atoms with E-state index >= 15 is 0 Å². The summed E-state index contributed by atoms with van der Waals surface area (Å²) in [6, 6.07) is 3.37. The van der Waals surface area contributed by atoms with Crippen molar-refractivity contribution in [2.24, 2.45) is 5.11 Å². The minimum absolute atomic E-state index is 0.204. The number of aromatic nitrogens is 3. The first-order valence-corrected chi connectivity index (χ1v) is 7.68. The number of hydrogen-bond donors (Lipinski definition) is 1. The molecule has 8 nitrogen and oxygen atoms in total. The van der Waals surface area contributed by atoms with Crippen molar-refractivity contribution < 1.29 is 4.79 Å². The van der Waals surface area contributed by atoms with Gasteiger partial charge in [-0.05, 0) is 51.8 Å². The Bertz CT molecular complexity index is 810. The molecule has 2 aromatic rings. The smallest absolute Gasteiger partial charge is 0.276 e. The van der Waals surface area contributed by atoms with Crippen molar-refractivity contribution in [3.05, 3.63) is 45.9 Å². The van der Waals surface area contributed by atoms with Gasteiger partial charge in [0.25, 0.3) is 5.91 Å². The lowest BCUT2D eigenvalue weighted by atomic mass is 10.1. The third kappa shape index (κ3) is 3.72. The maximum Gasteiger partial charge on any atom is 0.276 e. The largest absolute Gasteiger partial charge is 0.319 e. The van der Waals surface area contributed by atoms with Crippen molar-refractivity contribution in [3.8, 4) is 0 Å². The fraction of sp³-hybridized carbons (Fsp3) is 0.438. The Balaban J connectivity index is 2.29. The molecule has 0 radical (unpaired) electrons. The number of amides is 1. The number of hydrogen-bond acceptors (Lipinski definition) is 4. The molecule has 2 rings (SSSR count). The van der Waals surface area contributed by atoms with E-state index in [1.165, 1.54) is 6.20 Å². The molecule has 2 aromatic heterocycles. The number of carbonyl (C=O) groups is 1. The van der Waals surface area contributed by atoms with Gasteiger partial charge in [0, 0.05) is 16.3 Å². The number of pyridine rings is 1. The van der Waals surface area contributed by atoms with Crippen LogP contribution in [-0.4, -0.2) is 20.7 Å². The van der Waals surface area contributed by atoms with Crippen LogP contribution in [0.1, 0.15) is 49.6 Å². The Morgan fingerprint density at radius 1 is 1.42 bits per heavy atom. The van der Waals surface area contributed by atoms with Crippen LogP contribution in [0.2, 0.25) is 0 Å². The summed E-state index contributed by atoms with van der Waals surface area (Å²) < 4.78 is 1.86. The van der Waals surface area contributed by atoms with Crippen LogP contribution < -0.4 is 5.32 Å². The maximum absolute atomic E-state index is 12.5. The monoisotopic (exact) mass is 327 g/mol. The summed E-state index contributed by atoms with van der Waals surface area (Å²) in [4.78, 5) is 19.3. The second kappa shape index (κ2) is 6.72. The molecule has 0 saturated carbocycles. The van der Waals surface area contributed by atoms with Gasteiger partial charge in [-0.25, -0.2) is 0 Å². The number of nitrogens with zero attached hydrogens (tertiary/aromatic N) is 6. The molecule has 0 bridgehead atoms. The lowest BCUT2D eigenvalue weighted by Gasteiger charge is -2.21. The summed E-state index contributed by atoms with van der Waals surface area (Å²) in [7, 11) is 0. The molecule has 0 saturated heterocycles. The molecular formula is C16H21N7O. The number of aryl methyl sites for hydroxylation is 2. The van der Waals surface area contributed by atoms with E-state index < -0.39 is 0 Å². The van der Waals surface area contributed by atoms with Crippen LogP contribution in [0.4, 0.5) is 11.4 Å². The van der Waals surface area contributed by atoms with E-state index in [0.717, 1.165) is 12.1 Å². The van der Waals surface area contributed by atoms with Crippen molar-refractivity contribution in [1.29, 1.82) is 0 Å². The molecule has 0 aliphatic rings. The van der Waals surface area contributed by atoms with Crippen LogP contribution in [0.3, 0.4) is 0 Å². The summed E-state index contributed by atoms with van der Waals surface area (Å²) in [5, 5.41) is 10.7. The molecule has 2 heterocycles. The van der Waals surface area contributed by atoms with E-state index in [-0.39, 0.29) is 11.4 Å². The quantitative estimate of drug-likeness (QED) is 0.518. The highest BCUT2D eigenvalue weighted by Gasteiger charge is 2.21. The lowest BCUT2D eigenvalue weighted by molar-refractivity contribution is 0.102. The number of anilines is 1. The minimum atomic E-state index is -0.328. The molecule has 126 valence electrons. The fourth-order valence-electron chi connectivity index (χ4n) is 2.30. The minimum Gasteiger partial charge on any atom is -0.319 e. The van der Waals surface area contributed by atoms with E-state index in [1.54, 1.807) is 19.1 Å². The molecule has 0 aliphatic carbocycles. The van der Waals surface area contributed by atoms with Crippen molar-refractivity contribution in [1.82, 2.24) is 14.8 Å². The zero-order valence-electron chi connectivity index (χ0n) is 14.5. The molecule has 0 atom stereocenters. The first-order valence-electron chi connectivity index (χ1n) is 7.68. The van der Waals surface area contributed by atoms with E-state index in [1.807, 2.05) is 32.4 Å². The van der Waals surface area contributed by atoms with Gasteiger partial charge < -0.3 is 5.32 Å². The van der Waals surface area contributed by atoms with Crippen LogP contribution in [0.25, 0.3) is 10.4 Å². The summed E-state index contributed by atoms with van der Waals surface area (Å²) in [5.74, 6) is -0.328. The molecule has 1 N–H and O–H groups in total. The molecule has 0 spiro atoms. The predicted octanol–water partition coefficient (Wildman–Crippen LogP) is 4.10. The number of carbonyl (C=O) groups excluding carboxylic acids is 1. The highest BCUT2D eigenvalue weighted by atomic mass is 16.2. The number of azide groups is 1. The molecule has 0 aliphatic heterocycles. The van der Waals surface area contributed by atoms with Gasteiger partial charge >= 0.3 is 0 Å². The van der Waals surface area contributed by atoms with Crippen molar-refractivity contribution in [3.63, 3.8) is 0 Å². The van der Waals surface area contributed by atoms with Gasteiger partial charge in [0.1, 0.15) is 0 Å². The van der Waals surface area contributed by atoms with Crippen LogP contribution in [0.5, 0.6) is 0 Å². The topological polar surface area (TPSA) is 109 Å². The lowest BCUT2D eigenvalue weighted by Crippen LogP contribution is -2.25. The highest BCUT2D eigenvalue weighted by molar-refractivity contribution is 6.03. The van der Waals surface area contributed by atoms with Gasteiger partial charge in [-0.15, -0.1) is 0 Å². The van der Waals surface area contributed by atoms with Crippen LogP contribution >= 0.6 is 0 Å². The van der Waals surface area contributed by atoms with Gasteiger partial charge in [0.2, 0.25) is 0 Å². The van der Waals surface area contributed by atoms with Gasteiger partial charge in [0.15, 0.2) is 5.69 Å². The summed E-state index contributed by atoms with van der Waals surface area (Å²) in [6.45, 7) is 9.87. The SMILES string of the molecule is CCc1cc(C(=O)Nc2cnc(C)c(N=[N+]=[N-])c2)nn1C(C)(C)C. The number of rotatable bonds is 4. The Morgan fingerprint density at radius 2 is 2.12 bits per heavy atom. The van der Waals surface area contributed by atoms with Crippen molar-refractivity contribution in [2.75, 3.05) is 5.32 Å². The van der Waals surface area contributed by atoms with E-state index in [4.69, 9.17) is 5.53 Å². The second-order valence-electron chi connectivity index (χ2n) is 6.43. The standard InChI is InChI=1S/C16H21N7O/c1-6-12-8-14(21-23(12)16(3,4)5)15(24)19-11-7-13(20-22-17)10(2)18-9-11/h7-9H,6H2,1-5H3,(H,19,24). The normalized spacial score (nSPS) is 11.0. The fourth-order valence-corrected chi connectivity index (χ4v) is 2.30. The van der Waals surface area contributed by atoms with Gasteiger partial charge in [-0.2, -0.15) is 5.10 Å². The first kappa shape index (κ1) is 17.5. The van der Waals surface area contributed by atoms with Gasteiger partial charge in [0.05, 0.1) is 23.1 Å². The average molecular weight is 327 g/mol. The molecular weight excluding hydrogens is 306 g/mol. The molecule has 1 amide bonds. The van der Waals surface area contributed by atoms with Crippen molar-refractivity contribution >= 4 is 17.3 Å². The van der Waals surface area contributed by atoms with E-state index in [0.29, 0.717) is 22.8 Å².